The highest BCUT2D eigenvalue weighted by Crippen LogP contribution is 2.31. The molecule has 3 aromatic heterocycles. The molecular formula is C23H20FN3O4S2. The van der Waals surface area contributed by atoms with Crippen LogP contribution >= 0.6 is 22.7 Å². The van der Waals surface area contributed by atoms with Crippen LogP contribution < -0.4 is 5.32 Å². The summed E-state index contributed by atoms with van der Waals surface area (Å²) < 4.78 is 20.4. The van der Waals surface area contributed by atoms with Crippen LogP contribution in [0.3, 0.4) is 0 Å². The van der Waals surface area contributed by atoms with Crippen LogP contribution in [0, 0.1) is 12.7 Å². The molecule has 170 valence electrons. The number of carbonyl (C=O) groups is 3. The Morgan fingerprint density at radius 1 is 1.12 bits per heavy atom. The summed E-state index contributed by atoms with van der Waals surface area (Å²) in [6.45, 7) is 5.12. The molecule has 1 aromatic carbocycles. The summed E-state index contributed by atoms with van der Waals surface area (Å²) in [5.41, 5.74) is 1.40. The second-order valence-electron chi connectivity index (χ2n) is 7.39. The molecule has 0 aliphatic carbocycles. The summed E-state index contributed by atoms with van der Waals surface area (Å²) in [5, 5.41) is 7.95. The van der Waals surface area contributed by atoms with E-state index >= 15 is 0 Å². The molecule has 0 saturated heterocycles. The van der Waals surface area contributed by atoms with Crippen molar-refractivity contribution in [2.75, 3.05) is 0 Å². The quantitative estimate of drug-likeness (QED) is 0.304. The van der Waals surface area contributed by atoms with Gasteiger partial charge in [0.2, 0.25) is 11.7 Å². The van der Waals surface area contributed by atoms with Crippen molar-refractivity contribution in [1.29, 1.82) is 0 Å². The van der Waals surface area contributed by atoms with E-state index in [-0.39, 0.29) is 17.5 Å². The number of hydrogen-bond acceptors (Lipinski definition) is 7. The van der Waals surface area contributed by atoms with E-state index in [0.29, 0.717) is 22.0 Å². The van der Waals surface area contributed by atoms with Crippen LogP contribution in [0.15, 0.2) is 42.5 Å². The Balaban J connectivity index is 1.49. The van der Waals surface area contributed by atoms with Crippen molar-refractivity contribution in [3.8, 4) is 5.69 Å². The van der Waals surface area contributed by atoms with E-state index < -0.39 is 12.1 Å². The molecule has 0 aliphatic heterocycles. The third kappa shape index (κ3) is 4.86. The molecule has 1 amide bonds. The maximum absolute atomic E-state index is 13.3. The first kappa shape index (κ1) is 22.8. The number of nitrogens with zero attached hydrogens (tertiary/aromatic N) is 2. The largest absolute Gasteiger partial charge is 0.450 e. The fourth-order valence-electron chi connectivity index (χ4n) is 3.19. The Bertz CT molecular complexity index is 1350. The predicted molar refractivity (Wildman–Crippen MR) is 125 cm³/mol. The Morgan fingerprint density at radius 3 is 2.55 bits per heavy atom. The molecule has 7 nitrogen and oxygen atoms in total. The van der Waals surface area contributed by atoms with Crippen molar-refractivity contribution < 1.29 is 23.5 Å². The number of aromatic nitrogens is 2. The summed E-state index contributed by atoms with van der Waals surface area (Å²) in [4.78, 5) is 38.9. The smallest absolute Gasteiger partial charge is 0.349 e. The van der Waals surface area contributed by atoms with Crippen LogP contribution in [0.4, 0.5) is 4.39 Å². The fourth-order valence-corrected chi connectivity index (χ4v) is 5.23. The monoisotopic (exact) mass is 485 g/mol. The number of carbonyl (C=O) groups excluding carboxylic acids is 3. The third-order valence-corrected chi connectivity index (χ3v) is 7.08. The Kier molecular flexibility index (Phi) is 6.39. The van der Waals surface area contributed by atoms with Gasteiger partial charge >= 0.3 is 5.97 Å². The lowest BCUT2D eigenvalue weighted by Gasteiger charge is -2.10. The minimum Gasteiger partial charge on any atom is -0.450 e. The van der Waals surface area contributed by atoms with Crippen LogP contribution in [-0.2, 0) is 16.1 Å². The zero-order valence-corrected chi connectivity index (χ0v) is 19.7. The number of halogens is 1. The van der Waals surface area contributed by atoms with E-state index in [1.807, 2.05) is 6.92 Å². The SMILES string of the molecule is CC(=O)NCc1ccc(C(=O)C(C)OC(=O)c2cc3c(C)nn(-c4ccc(F)cc4)c3s2)s1. The number of Topliss-reactive ketones (excluding diaryl/α,β-unsaturated/α-hetero) is 1. The van der Waals surface area contributed by atoms with Crippen LogP contribution in [0.25, 0.3) is 15.9 Å². The van der Waals surface area contributed by atoms with Crippen molar-refractivity contribution in [3.05, 3.63) is 68.6 Å². The van der Waals surface area contributed by atoms with Gasteiger partial charge in [0.05, 0.1) is 22.8 Å². The number of amides is 1. The van der Waals surface area contributed by atoms with Gasteiger partial charge in [0, 0.05) is 17.2 Å². The number of fused-ring (bicyclic) bond motifs is 1. The van der Waals surface area contributed by atoms with E-state index in [4.69, 9.17) is 4.74 Å². The Labute approximate surface area is 196 Å². The first-order chi connectivity index (χ1) is 15.7. The molecule has 1 atom stereocenters. The highest BCUT2D eigenvalue weighted by Gasteiger charge is 2.24. The molecule has 0 saturated carbocycles. The van der Waals surface area contributed by atoms with E-state index in [1.54, 1.807) is 35.0 Å². The van der Waals surface area contributed by atoms with Crippen molar-refractivity contribution >= 4 is 50.5 Å². The molecule has 4 rings (SSSR count). The van der Waals surface area contributed by atoms with Crippen LogP contribution in [0.5, 0.6) is 0 Å². The molecule has 1 unspecified atom stereocenters. The number of aryl methyl sites for hydroxylation is 1. The highest BCUT2D eigenvalue weighted by molar-refractivity contribution is 7.20. The lowest BCUT2D eigenvalue weighted by molar-refractivity contribution is -0.119. The molecule has 33 heavy (non-hydrogen) atoms. The van der Waals surface area contributed by atoms with Gasteiger partial charge in [-0.15, -0.1) is 22.7 Å². The summed E-state index contributed by atoms with van der Waals surface area (Å²) in [6.07, 6.45) is -0.968. The molecule has 0 bridgehead atoms. The van der Waals surface area contributed by atoms with E-state index in [0.717, 1.165) is 20.8 Å². The summed E-state index contributed by atoms with van der Waals surface area (Å²) in [6, 6.07) is 11.0. The van der Waals surface area contributed by atoms with Gasteiger partial charge in [-0.05, 0) is 56.3 Å². The molecule has 3 heterocycles. The summed E-state index contributed by atoms with van der Waals surface area (Å²) in [5.74, 6) is -1.41. The number of nitrogens with one attached hydrogen (secondary N) is 1. The molecule has 0 spiro atoms. The average molecular weight is 486 g/mol. The van der Waals surface area contributed by atoms with Gasteiger partial charge in [0.15, 0.2) is 6.10 Å². The first-order valence-corrected chi connectivity index (χ1v) is 11.7. The molecule has 10 heteroatoms. The molecule has 0 aliphatic rings. The van der Waals surface area contributed by atoms with Gasteiger partial charge in [-0.25, -0.2) is 13.9 Å². The van der Waals surface area contributed by atoms with Gasteiger partial charge in [-0.1, -0.05) is 0 Å². The number of rotatable bonds is 7. The van der Waals surface area contributed by atoms with Crippen LogP contribution in [0.2, 0.25) is 0 Å². The second-order valence-corrected chi connectivity index (χ2v) is 9.59. The van der Waals surface area contributed by atoms with Crippen LogP contribution in [-0.4, -0.2) is 33.5 Å². The maximum Gasteiger partial charge on any atom is 0.349 e. The van der Waals surface area contributed by atoms with Crippen molar-refractivity contribution in [2.45, 2.75) is 33.4 Å². The normalized spacial score (nSPS) is 12.0. The van der Waals surface area contributed by atoms with E-state index in [1.165, 1.54) is 48.7 Å². The molecule has 1 N–H and O–H groups in total. The zero-order valence-electron chi connectivity index (χ0n) is 18.0. The lowest BCUT2D eigenvalue weighted by Crippen LogP contribution is -2.23. The third-order valence-electron chi connectivity index (χ3n) is 4.89. The molecule has 0 radical (unpaired) electrons. The number of benzene rings is 1. The molecule has 0 fully saturated rings. The van der Waals surface area contributed by atoms with Gasteiger partial charge in [-0.3, -0.25) is 9.59 Å². The topological polar surface area (TPSA) is 90.3 Å². The second kappa shape index (κ2) is 9.24. The summed E-state index contributed by atoms with van der Waals surface area (Å²) >= 11 is 2.45. The van der Waals surface area contributed by atoms with Crippen LogP contribution in [0.1, 0.15) is 43.8 Å². The average Bonchev–Trinajstić information content (AvgIpc) is 3.49. The van der Waals surface area contributed by atoms with E-state index in [2.05, 4.69) is 10.4 Å². The van der Waals surface area contributed by atoms with Crippen molar-refractivity contribution in [1.82, 2.24) is 15.1 Å². The number of thiophene rings is 2. The number of ether oxygens (including phenoxy) is 1. The molecule has 4 aromatic rings. The van der Waals surface area contributed by atoms with Gasteiger partial charge < -0.3 is 10.1 Å². The number of esters is 1. The first-order valence-electron chi connectivity index (χ1n) is 10.1. The predicted octanol–water partition coefficient (Wildman–Crippen LogP) is 4.66. The van der Waals surface area contributed by atoms with Gasteiger partial charge in [-0.2, -0.15) is 5.10 Å². The Morgan fingerprint density at radius 2 is 1.85 bits per heavy atom. The van der Waals surface area contributed by atoms with Crippen molar-refractivity contribution in [3.63, 3.8) is 0 Å². The maximum atomic E-state index is 13.3. The van der Waals surface area contributed by atoms with Gasteiger partial charge in [0.25, 0.3) is 0 Å². The van der Waals surface area contributed by atoms with Gasteiger partial charge in [0.1, 0.15) is 15.5 Å². The zero-order chi connectivity index (χ0) is 23.7. The molecular weight excluding hydrogens is 465 g/mol. The standard InChI is InChI=1S/C23H20FN3O4S2/c1-12-18-10-20(33-22(18)27(26-12)16-6-4-15(24)5-7-16)23(30)31-13(2)21(29)19-9-8-17(32-19)11-25-14(3)28/h4-10,13H,11H2,1-3H3,(H,25,28). The lowest BCUT2D eigenvalue weighted by atomic mass is 10.2. The summed E-state index contributed by atoms with van der Waals surface area (Å²) in [7, 11) is 0. The fraction of sp³-hybridized carbons (Fsp3) is 0.217. The number of hydrogen-bond donors (Lipinski definition) is 1. The minimum absolute atomic E-state index is 0.153. The highest BCUT2D eigenvalue weighted by atomic mass is 32.1. The van der Waals surface area contributed by atoms with E-state index in [9.17, 15) is 18.8 Å². The Hall–Kier alpha value is -3.37. The van der Waals surface area contributed by atoms with Crippen molar-refractivity contribution in [2.24, 2.45) is 0 Å². The minimum atomic E-state index is -0.968. The number of ketones is 1.